The number of amides is 2. The Hall–Kier alpha value is -0.700. The van der Waals surface area contributed by atoms with Gasteiger partial charge in [0.1, 0.15) is 0 Å². The molecule has 0 rings (SSSR count). The summed E-state index contributed by atoms with van der Waals surface area (Å²) in [4.78, 5) is 12.3. The van der Waals surface area contributed by atoms with Gasteiger partial charge >= 0.3 is 6.03 Å². The van der Waals surface area contributed by atoms with E-state index in [-0.39, 0.29) is 6.03 Å². The number of hydrogen-bond donors (Lipinski definition) is 1. The number of nitrogens with zero attached hydrogens (tertiary/aromatic N) is 1. The molecule has 0 aromatic heterocycles. The van der Waals surface area contributed by atoms with Crippen molar-refractivity contribution in [1.29, 1.82) is 0 Å². The third-order valence-electron chi connectivity index (χ3n) is 1.03. The number of halogens is 1. The van der Waals surface area contributed by atoms with E-state index in [1.54, 1.807) is 20.2 Å². The number of urea groups is 1. The van der Waals surface area contributed by atoms with Gasteiger partial charge in [-0.2, -0.15) is 0 Å². The summed E-state index contributed by atoms with van der Waals surface area (Å²) in [5, 5.41) is 2.66. The van der Waals surface area contributed by atoms with Crippen molar-refractivity contribution in [2.24, 2.45) is 0 Å². The molecular formula is C7H13ClN2O. The van der Waals surface area contributed by atoms with Crippen LogP contribution >= 0.6 is 11.6 Å². The van der Waals surface area contributed by atoms with Crippen LogP contribution in [-0.4, -0.2) is 37.5 Å². The number of alkyl halides is 1. The van der Waals surface area contributed by atoms with Gasteiger partial charge in [0.15, 0.2) is 0 Å². The molecule has 0 atom stereocenters. The van der Waals surface area contributed by atoms with Crippen molar-refractivity contribution >= 4 is 17.6 Å². The second kappa shape index (κ2) is 6.04. The van der Waals surface area contributed by atoms with Crippen molar-refractivity contribution in [3.63, 3.8) is 0 Å². The van der Waals surface area contributed by atoms with E-state index in [0.29, 0.717) is 12.4 Å². The van der Waals surface area contributed by atoms with Crippen LogP contribution in [0.3, 0.4) is 0 Å². The lowest BCUT2D eigenvalue weighted by Crippen LogP contribution is -2.34. The molecule has 4 heteroatoms. The van der Waals surface area contributed by atoms with Gasteiger partial charge in [-0.1, -0.05) is 12.2 Å². The second-order valence-electron chi connectivity index (χ2n) is 2.21. The highest BCUT2D eigenvalue weighted by Gasteiger charge is 1.97. The molecule has 0 bridgehead atoms. The summed E-state index contributed by atoms with van der Waals surface area (Å²) >= 11 is 5.37. The van der Waals surface area contributed by atoms with Crippen LogP contribution in [0.5, 0.6) is 0 Å². The van der Waals surface area contributed by atoms with E-state index >= 15 is 0 Å². The van der Waals surface area contributed by atoms with Crippen LogP contribution in [0, 0.1) is 0 Å². The molecule has 3 nitrogen and oxygen atoms in total. The first-order chi connectivity index (χ1) is 5.18. The molecule has 0 aliphatic carbocycles. The lowest BCUT2D eigenvalue weighted by Gasteiger charge is -2.09. The summed E-state index contributed by atoms with van der Waals surface area (Å²) in [6.07, 6.45) is 3.60. The van der Waals surface area contributed by atoms with Gasteiger partial charge in [0.05, 0.1) is 0 Å². The zero-order valence-electron chi connectivity index (χ0n) is 6.80. The highest BCUT2D eigenvalue weighted by Crippen LogP contribution is 1.79. The summed E-state index contributed by atoms with van der Waals surface area (Å²) in [7, 11) is 3.39. The first-order valence-electron chi connectivity index (χ1n) is 3.34. The molecule has 0 aromatic carbocycles. The summed E-state index contributed by atoms with van der Waals surface area (Å²) in [6, 6.07) is -0.0933. The molecule has 11 heavy (non-hydrogen) atoms. The van der Waals surface area contributed by atoms with Gasteiger partial charge < -0.3 is 10.2 Å². The minimum atomic E-state index is -0.0933. The van der Waals surface area contributed by atoms with Crippen LogP contribution in [0.1, 0.15) is 0 Å². The highest BCUT2D eigenvalue weighted by molar-refractivity contribution is 6.18. The van der Waals surface area contributed by atoms with Gasteiger partial charge in [0.2, 0.25) is 0 Å². The number of hydrogen-bond acceptors (Lipinski definition) is 1. The Balaban J connectivity index is 3.39. The number of carbonyl (C=O) groups excluding carboxylic acids is 1. The maximum Gasteiger partial charge on any atom is 0.317 e. The van der Waals surface area contributed by atoms with E-state index in [4.69, 9.17) is 11.6 Å². The van der Waals surface area contributed by atoms with Crippen LogP contribution in [0.4, 0.5) is 4.79 Å². The minimum Gasteiger partial charge on any atom is -0.335 e. The molecule has 0 aromatic rings. The molecule has 0 fully saturated rings. The monoisotopic (exact) mass is 176 g/mol. The standard InChI is InChI=1S/C7H13ClN2O/c1-10(2)7(11)9-6-4-3-5-8/h3-4H,5-6H2,1-2H3,(H,9,11)/b4-3+. The predicted molar refractivity (Wildman–Crippen MR) is 46.9 cm³/mol. The lowest BCUT2D eigenvalue weighted by atomic mass is 10.5. The van der Waals surface area contributed by atoms with E-state index in [9.17, 15) is 4.79 Å². The molecule has 64 valence electrons. The zero-order valence-corrected chi connectivity index (χ0v) is 7.56. The second-order valence-corrected chi connectivity index (χ2v) is 2.51. The Morgan fingerprint density at radius 1 is 1.55 bits per heavy atom. The fraction of sp³-hybridized carbons (Fsp3) is 0.571. The van der Waals surface area contributed by atoms with Gasteiger partial charge in [-0.25, -0.2) is 4.79 Å². The van der Waals surface area contributed by atoms with Gasteiger partial charge in [0.25, 0.3) is 0 Å². The maximum atomic E-state index is 10.9. The first kappa shape index (κ1) is 10.3. The summed E-state index contributed by atoms with van der Waals surface area (Å²) in [5.74, 6) is 0.484. The molecule has 0 aliphatic rings. The van der Waals surface area contributed by atoms with Gasteiger partial charge in [0, 0.05) is 26.5 Å². The van der Waals surface area contributed by atoms with Crippen LogP contribution in [0.2, 0.25) is 0 Å². The van der Waals surface area contributed by atoms with Crippen molar-refractivity contribution < 1.29 is 4.79 Å². The van der Waals surface area contributed by atoms with Crippen LogP contribution in [0.25, 0.3) is 0 Å². The third kappa shape index (κ3) is 5.73. The van der Waals surface area contributed by atoms with Crippen LogP contribution < -0.4 is 5.32 Å². The largest absolute Gasteiger partial charge is 0.335 e. The van der Waals surface area contributed by atoms with Crippen molar-refractivity contribution in [3.05, 3.63) is 12.2 Å². The van der Waals surface area contributed by atoms with Gasteiger partial charge in [-0.05, 0) is 0 Å². The third-order valence-corrected chi connectivity index (χ3v) is 1.21. The summed E-state index contributed by atoms with van der Waals surface area (Å²) in [5.41, 5.74) is 0. The van der Waals surface area contributed by atoms with E-state index in [1.807, 2.05) is 6.08 Å². The number of rotatable bonds is 3. The molecular weight excluding hydrogens is 164 g/mol. The van der Waals surface area contributed by atoms with Crippen LogP contribution in [-0.2, 0) is 0 Å². The molecule has 0 saturated heterocycles. The van der Waals surface area contributed by atoms with Gasteiger partial charge in [-0.3, -0.25) is 0 Å². The zero-order chi connectivity index (χ0) is 8.69. The Kier molecular flexibility index (Phi) is 5.65. The molecule has 1 N–H and O–H groups in total. The van der Waals surface area contributed by atoms with Gasteiger partial charge in [-0.15, -0.1) is 11.6 Å². The topological polar surface area (TPSA) is 32.3 Å². The fourth-order valence-electron chi connectivity index (χ4n) is 0.451. The smallest absolute Gasteiger partial charge is 0.317 e. The molecule has 0 unspecified atom stereocenters. The SMILES string of the molecule is CN(C)C(=O)NC/C=C/CCl. The number of carbonyl (C=O) groups is 1. The Morgan fingerprint density at radius 2 is 2.18 bits per heavy atom. The molecule has 0 aliphatic heterocycles. The minimum absolute atomic E-state index is 0.0933. The maximum absolute atomic E-state index is 10.9. The van der Waals surface area contributed by atoms with Crippen molar-refractivity contribution in [1.82, 2.24) is 10.2 Å². The normalized spacial score (nSPS) is 10.1. The average molecular weight is 177 g/mol. The number of allylic oxidation sites excluding steroid dienone is 1. The Bertz CT molecular complexity index is 145. The lowest BCUT2D eigenvalue weighted by molar-refractivity contribution is 0.218. The highest BCUT2D eigenvalue weighted by atomic mass is 35.5. The quantitative estimate of drug-likeness (QED) is 0.506. The summed E-state index contributed by atoms with van der Waals surface area (Å²) in [6.45, 7) is 0.531. The molecule has 2 amide bonds. The molecule has 0 heterocycles. The predicted octanol–water partition coefficient (Wildman–Crippen LogP) is 1.05. The first-order valence-corrected chi connectivity index (χ1v) is 3.88. The average Bonchev–Trinajstić information content (AvgIpc) is 1.97. The molecule has 0 saturated carbocycles. The van der Waals surface area contributed by atoms with E-state index in [0.717, 1.165) is 0 Å². The van der Waals surface area contributed by atoms with Crippen LogP contribution in [0.15, 0.2) is 12.2 Å². The molecule has 0 spiro atoms. The van der Waals surface area contributed by atoms with E-state index in [2.05, 4.69) is 5.32 Å². The number of nitrogens with one attached hydrogen (secondary N) is 1. The fourth-order valence-corrected chi connectivity index (χ4v) is 0.577. The van der Waals surface area contributed by atoms with E-state index < -0.39 is 0 Å². The van der Waals surface area contributed by atoms with Crippen molar-refractivity contribution in [2.45, 2.75) is 0 Å². The Morgan fingerprint density at radius 3 is 2.64 bits per heavy atom. The Labute approximate surface area is 72.0 Å². The van der Waals surface area contributed by atoms with Crippen molar-refractivity contribution in [3.8, 4) is 0 Å². The summed E-state index contributed by atoms with van der Waals surface area (Å²) < 4.78 is 0. The molecule has 0 radical (unpaired) electrons. The van der Waals surface area contributed by atoms with E-state index in [1.165, 1.54) is 4.90 Å². The van der Waals surface area contributed by atoms with Crippen molar-refractivity contribution in [2.75, 3.05) is 26.5 Å².